The van der Waals surface area contributed by atoms with E-state index in [9.17, 15) is 4.39 Å². The van der Waals surface area contributed by atoms with Gasteiger partial charge in [0.25, 0.3) is 0 Å². The van der Waals surface area contributed by atoms with Crippen LogP contribution in [0.3, 0.4) is 0 Å². The van der Waals surface area contributed by atoms with E-state index >= 15 is 0 Å². The van der Waals surface area contributed by atoms with Crippen molar-refractivity contribution in [1.29, 1.82) is 0 Å². The number of rotatable bonds is 1. The molecule has 0 aliphatic heterocycles. The summed E-state index contributed by atoms with van der Waals surface area (Å²) in [5, 5.41) is 9.06. The normalized spacial score (nSPS) is 13.1. The van der Waals surface area contributed by atoms with Gasteiger partial charge >= 0.3 is 0 Å². The van der Waals surface area contributed by atoms with Crippen molar-refractivity contribution in [3.05, 3.63) is 35.1 Å². The fourth-order valence-corrected chi connectivity index (χ4v) is 0.971. The van der Waals surface area contributed by atoms with Gasteiger partial charge in [-0.15, -0.1) is 0 Å². The van der Waals surface area contributed by atoms with Crippen molar-refractivity contribution in [2.24, 2.45) is 0 Å². The molecule has 1 aromatic carbocycles. The number of benzene rings is 1. The van der Waals surface area contributed by atoms with Gasteiger partial charge in [-0.3, -0.25) is 0 Å². The van der Waals surface area contributed by atoms with Crippen molar-refractivity contribution in [2.75, 3.05) is 0 Å². The lowest BCUT2D eigenvalue weighted by Gasteiger charge is -2.05. The molecule has 0 amide bonds. The maximum Gasteiger partial charge on any atom is 0.129 e. The SMILES string of the molecule is Cc1ccc([C@@H](C)O)c(F)c1. The largest absolute Gasteiger partial charge is 0.389 e. The minimum atomic E-state index is -0.726. The van der Waals surface area contributed by atoms with Crippen molar-refractivity contribution in [2.45, 2.75) is 20.0 Å². The van der Waals surface area contributed by atoms with Crippen molar-refractivity contribution >= 4 is 0 Å². The topological polar surface area (TPSA) is 20.2 Å². The van der Waals surface area contributed by atoms with Crippen LogP contribution in [0.2, 0.25) is 0 Å². The third-order valence-corrected chi connectivity index (χ3v) is 1.61. The van der Waals surface area contributed by atoms with Gasteiger partial charge in [-0.1, -0.05) is 12.1 Å². The van der Waals surface area contributed by atoms with Crippen LogP contribution in [0.15, 0.2) is 18.2 Å². The average molecular weight is 154 g/mol. The highest BCUT2D eigenvalue weighted by Gasteiger charge is 2.06. The Balaban J connectivity index is 3.09. The second-order valence-corrected chi connectivity index (χ2v) is 2.70. The van der Waals surface area contributed by atoms with Crippen LogP contribution in [-0.2, 0) is 0 Å². The molecule has 0 aromatic heterocycles. The van der Waals surface area contributed by atoms with Gasteiger partial charge in [-0.2, -0.15) is 0 Å². The zero-order chi connectivity index (χ0) is 8.43. The molecular formula is C9H11FO. The third-order valence-electron chi connectivity index (χ3n) is 1.61. The molecule has 0 radical (unpaired) electrons. The second kappa shape index (κ2) is 3.01. The maximum absolute atomic E-state index is 12.9. The summed E-state index contributed by atoms with van der Waals surface area (Å²) >= 11 is 0. The molecule has 0 aliphatic carbocycles. The van der Waals surface area contributed by atoms with E-state index < -0.39 is 6.10 Å². The van der Waals surface area contributed by atoms with Crippen LogP contribution < -0.4 is 0 Å². The fourth-order valence-electron chi connectivity index (χ4n) is 0.971. The molecule has 0 heterocycles. The van der Waals surface area contributed by atoms with Gasteiger partial charge in [-0.05, 0) is 25.5 Å². The number of aliphatic hydroxyl groups excluding tert-OH is 1. The molecule has 0 saturated carbocycles. The smallest absolute Gasteiger partial charge is 0.129 e. The Labute approximate surface area is 65.5 Å². The van der Waals surface area contributed by atoms with Gasteiger partial charge in [0.05, 0.1) is 6.10 Å². The molecule has 60 valence electrons. The van der Waals surface area contributed by atoms with Gasteiger partial charge in [0.15, 0.2) is 0 Å². The Bertz CT molecular complexity index is 256. The van der Waals surface area contributed by atoms with E-state index in [0.717, 1.165) is 5.56 Å². The predicted octanol–water partition coefficient (Wildman–Crippen LogP) is 2.19. The molecule has 1 nitrogen and oxygen atoms in total. The minimum Gasteiger partial charge on any atom is -0.389 e. The number of hydrogen-bond acceptors (Lipinski definition) is 1. The zero-order valence-corrected chi connectivity index (χ0v) is 6.63. The van der Waals surface area contributed by atoms with Gasteiger partial charge in [0.1, 0.15) is 5.82 Å². The maximum atomic E-state index is 12.9. The highest BCUT2D eigenvalue weighted by atomic mass is 19.1. The lowest BCUT2D eigenvalue weighted by molar-refractivity contribution is 0.194. The predicted molar refractivity (Wildman–Crippen MR) is 41.8 cm³/mol. The Hall–Kier alpha value is -0.890. The van der Waals surface area contributed by atoms with E-state index in [4.69, 9.17) is 5.11 Å². The number of aryl methyl sites for hydroxylation is 1. The quantitative estimate of drug-likeness (QED) is 0.657. The summed E-state index contributed by atoms with van der Waals surface area (Å²) < 4.78 is 12.9. The van der Waals surface area contributed by atoms with Crippen LogP contribution in [0.1, 0.15) is 24.2 Å². The zero-order valence-electron chi connectivity index (χ0n) is 6.63. The van der Waals surface area contributed by atoms with Crippen molar-refractivity contribution in [3.8, 4) is 0 Å². The van der Waals surface area contributed by atoms with Crippen LogP contribution >= 0.6 is 0 Å². The standard InChI is InChI=1S/C9H11FO/c1-6-3-4-8(7(2)11)9(10)5-6/h3-5,7,11H,1-2H3/t7-/m1/s1. The van der Waals surface area contributed by atoms with Crippen LogP contribution in [0.4, 0.5) is 4.39 Å². The van der Waals surface area contributed by atoms with Crippen molar-refractivity contribution < 1.29 is 9.50 Å². The summed E-state index contributed by atoms with van der Waals surface area (Å²) in [4.78, 5) is 0. The molecule has 1 rings (SSSR count). The lowest BCUT2D eigenvalue weighted by atomic mass is 10.1. The fraction of sp³-hybridized carbons (Fsp3) is 0.333. The first-order valence-corrected chi connectivity index (χ1v) is 3.55. The van der Waals surface area contributed by atoms with E-state index in [1.807, 2.05) is 6.92 Å². The summed E-state index contributed by atoms with van der Waals surface area (Å²) in [6, 6.07) is 4.81. The van der Waals surface area contributed by atoms with E-state index in [0.29, 0.717) is 5.56 Å². The highest BCUT2D eigenvalue weighted by Crippen LogP contribution is 2.16. The summed E-state index contributed by atoms with van der Waals surface area (Å²) in [6.45, 7) is 3.36. The molecule has 1 N–H and O–H groups in total. The molecular weight excluding hydrogens is 143 g/mol. The summed E-state index contributed by atoms with van der Waals surface area (Å²) in [5.41, 5.74) is 1.22. The number of hydrogen-bond donors (Lipinski definition) is 1. The molecule has 1 atom stereocenters. The van der Waals surface area contributed by atoms with Crippen molar-refractivity contribution in [1.82, 2.24) is 0 Å². The van der Waals surface area contributed by atoms with E-state index in [1.165, 1.54) is 6.07 Å². The Kier molecular flexibility index (Phi) is 2.25. The summed E-state index contributed by atoms with van der Waals surface area (Å²) in [7, 11) is 0. The molecule has 11 heavy (non-hydrogen) atoms. The monoisotopic (exact) mass is 154 g/mol. The van der Waals surface area contributed by atoms with Gasteiger partial charge < -0.3 is 5.11 Å². The average Bonchev–Trinajstić information content (AvgIpc) is 1.85. The first-order valence-electron chi connectivity index (χ1n) is 3.55. The first-order chi connectivity index (χ1) is 5.11. The highest BCUT2D eigenvalue weighted by molar-refractivity contribution is 5.24. The molecule has 0 spiro atoms. The number of aliphatic hydroxyl groups is 1. The molecule has 2 heteroatoms. The second-order valence-electron chi connectivity index (χ2n) is 2.70. The van der Waals surface area contributed by atoms with E-state index in [-0.39, 0.29) is 5.82 Å². The van der Waals surface area contributed by atoms with E-state index in [1.54, 1.807) is 19.1 Å². The Morgan fingerprint density at radius 2 is 2.09 bits per heavy atom. The van der Waals surface area contributed by atoms with Gasteiger partial charge in [0, 0.05) is 5.56 Å². The number of halogens is 1. The Morgan fingerprint density at radius 1 is 1.45 bits per heavy atom. The Morgan fingerprint density at radius 3 is 2.55 bits per heavy atom. The summed E-state index contributed by atoms with van der Waals surface area (Å²) in [6.07, 6.45) is -0.726. The summed E-state index contributed by atoms with van der Waals surface area (Å²) in [5.74, 6) is -0.333. The molecule has 1 aromatic rings. The molecule has 0 fully saturated rings. The minimum absolute atomic E-state index is 0.333. The van der Waals surface area contributed by atoms with Gasteiger partial charge in [-0.25, -0.2) is 4.39 Å². The molecule has 0 saturated heterocycles. The van der Waals surface area contributed by atoms with E-state index in [2.05, 4.69) is 0 Å². The first kappa shape index (κ1) is 8.21. The van der Waals surface area contributed by atoms with Crippen LogP contribution in [0, 0.1) is 12.7 Å². The lowest BCUT2D eigenvalue weighted by Crippen LogP contribution is -1.95. The third kappa shape index (κ3) is 1.77. The van der Waals surface area contributed by atoms with Gasteiger partial charge in [0.2, 0.25) is 0 Å². The van der Waals surface area contributed by atoms with Crippen LogP contribution in [-0.4, -0.2) is 5.11 Å². The molecule has 0 aliphatic rings. The molecule has 0 bridgehead atoms. The van der Waals surface area contributed by atoms with Crippen LogP contribution in [0.5, 0.6) is 0 Å². The van der Waals surface area contributed by atoms with Crippen LogP contribution in [0.25, 0.3) is 0 Å². The molecule has 0 unspecified atom stereocenters. The van der Waals surface area contributed by atoms with Crippen molar-refractivity contribution in [3.63, 3.8) is 0 Å².